The van der Waals surface area contributed by atoms with Gasteiger partial charge in [-0.1, -0.05) is 50.2 Å². The van der Waals surface area contributed by atoms with Crippen molar-refractivity contribution >= 4 is 10.9 Å². The molecule has 1 aliphatic carbocycles. The molecular formula is C26H20N4. The lowest BCUT2D eigenvalue weighted by Crippen LogP contribution is -2.14. The first kappa shape index (κ1) is 17.1. The minimum Gasteiger partial charge on any atom is -0.313 e. The van der Waals surface area contributed by atoms with Gasteiger partial charge in [0.25, 0.3) is 0 Å². The molecule has 0 spiro atoms. The number of hydrogen-bond acceptors (Lipinski definition) is 3. The monoisotopic (exact) mass is 388 g/mol. The molecule has 0 fully saturated rings. The second-order valence-electron chi connectivity index (χ2n) is 8.29. The molecule has 0 bridgehead atoms. The molecule has 5 aromatic rings. The van der Waals surface area contributed by atoms with Gasteiger partial charge in [-0.25, -0.2) is 9.97 Å². The minimum atomic E-state index is -0.0180. The standard InChI is InChI=1S/C26H20N4/c1-26(2)21-8-4-3-7-20(21)23-22(26)10-9-17-11-13-30(24(17)23)19-15-28-25(29-16-19)18-6-5-12-27-14-18/h3-16H,1-2H3. The summed E-state index contributed by atoms with van der Waals surface area (Å²) in [6.45, 7) is 4.62. The van der Waals surface area contributed by atoms with Crippen molar-refractivity contribution in [3.8, 4) is 28.2 Å². The zero-order chi connectivity index (χ0) is 20.3. The Hall–Kier alpha value is -3.79. The highest BCUT2D eigenvalue weighted by Crippen LogP contribution is 2.51. The quantitative estimate of drug-likeness (QED) is 0.384. The van der Waals surface area contributed by atoms with E-state index in [1.807, 2.05) is 24.5 Å². The number of benzene rings is 2. The molecular weight excluding hydrogens is 368 g/mol. The predicted molar refractivity (Wildman–Crippen MR) is 120 cm³/mol. The van der Waals surface area contributed by atoms with E-state index in [0.717, 1.165) is 11.3 Å². The number of fused-ring (bicyclic) bond motifs is 5. The highest BCUT2D eigenvalue weighted by Gasteiger charge is 2.36. The molecule has 1 aliphatic rings. The van der Waals surface area contributed by atoms with E-state index in [1.165, 1.54) is 33.2 Å². The van der Waals surface area contributed by atoms with Crippen LogP contribution in [0.1, 0.15) is 25.0 Å². The number of rotatable bonds is 2. The normalized spacial score (nSPS) is 13.9. The topological polar surface area (TPSA) is 43.6 Å². The summed E-state index contributed by atoms with van der Waals surface area (Å²) in [6.07, 6.45) is 9.43. The van der Waals surface area contributed by atoms with Crippen molar-refractivity contribution in [3.05, 3.63) is 96.7 Å². The van der Waals surface area contributed by atoms with Crippen LogP contribution < -0.4 is 0 Å². The van der Waals surface area contributed by atoms with E-state index in [9.17, 15) is 0 Å². The Balaban J connectivity index is 1.56. The van der Waals surface area contributed by atoms with Crippen LogP contribution in [0, 0.1) is 0 Å². The van der Waals surface area contributed by atoms with Crippen molar-refractivity contribution < 1.29 is 0 Å². The Bertz CT molecular complexity index is 1400. The predicted octanol–water partition coefficient (Wildman–Crippen LogP) is 5.79. The molecule has 4 heteroatoms. The van der Waals surface area contributed by atoms with Gasteiger partial charge in [0.05, 0.1) is 23.6 Å². The summed E-state index contributed by atoms with van der Waals surface area (Å²) in [4.78, 5) is 13.4. The Morgan fingerprint density at radius 2 is 1.63 bits per heavy atom. The van der Waals surface area contributed by atoms with Crippen LogP contribution >= 0.6 is 0 Å². The van der Waals surface area contributed by atoms with Crippen molar-refractivity contribution in [1.29, 1.82) is 0 Å². The molecule has 6 rings (SSSR count). The molecule has 2 aromatic carbocycles. The SMILES string of the molecule is CC1(C)c2ccccc2-c2c1ccc1ccn(-c3cnc(-c4cccnc4)nc3)c21. The summed E-state index contributed by atoms with van der Waals surface area (Å²) >= 11 is 0. The Morgan fingerprint density at radius 1 is 0.800 bits per heavy atom. The van der Waals surface area contributed by atoms with E-state index in [2.05, 4.69) is 82.0 Å². The van der Waals surface area contributed by atoms with Crippen LogP contribution in [0.3, 0.4) is 0 Å². The van der Waals surface area contributed by atoms with Gasteiger partial charge in [0.1, 0.15) is 0 Å². The van der Waals surface area contributed by atoms with Crippen molar-refractivity contribution in [2.45, 2.75) is 19.3 Å². The van der Waals surface area contributed by atoms with Gasteiger partial charge in [-0.2, -0.15) is 0 Å². The highest BCUT2D eigenvalue weighted by molar-refractivity contribution is 6.01. The second kappa shape index (κ2) is 6.10. The van der Waals surface area contributed by atoms with Gasteiger partial charge < -0.3 is 4.57 Å². The van der Waals surface area contributed by atoms with Crippen LogP contribution in [0.2, 0.25) is 0 Å². The number of hydrogen-bond donors (Lipinski definition) is 0. The molecule has 4 nitrogen and oxygen atoms in total. The third kappa shape index (κ3) is 2.31. The van der Waals surface area contributed by atoms with Gasteiger partial charge in [-0.05, 0) is 34.9 Å². The van der Waals surface area contributed by atoms with Crippen molar-refractivity contribution in [3.63, 3.8) is 0 Å². The third-order valence-electron chi connectivity index (χ3n) is 6.23. The van der Waals surface area contributed by atoms with Gasteiger partial charge >= 0.3 is 0 Å². The minimum absolute atomic E-state index is 0.0180. The largest absolute Gasteiger partial charge is 0.313 e. The maximum atomic E-state index is 4.61. The molecule has 0 N–H and O–H groups in total. The first-order valence-electron chi connectivity index (χ1n) is 10.1. The van der Waals surface area contributed by atoms with Crippen LogP contribution in [-0.2, 0) is 5.41 Å². The van der Waals surface area contributed by atoms with Crippen molar-refractivity contribution in [2.75, 3.05) is 0 Å². The molecule has 3 aromatic heterocycles. The molecule has 0 saturated heterocycles. The highest BCUT2D eigenvalue weighted by atomic mass is 15.0. The Labute approximate surface area is 174 Å². The Morgan fingerprint density at radius 3 is 2.43 bits per heavy atom. The van der Waals surface area contributed by atoms with Crippen LogP contribution in [0.15, 0.2) is 85.6 Å². The van der Waals surface area contributed by atoms with E-state index < -0.39 is 0 Å². The van der Waals surface area contributed by atoms with Gasteiger partial charge in [-0.3, -0.25) is 4.98 Å². The molecule has 0 amide bonds. The smallest absolute Gasteiger partial charge is 0.160 e. The van der Waals surface area contributed by atoms with Gasteiger partial charge in [0.2, 0.25) is 0 Å². The maximum Gasteiger partial charge on any atom is 0.160 e. The summed E-state index contributed by atoms with van der Waals surface area (Å²) in [6, 6.07) is 19.3. The number of aromatic nitrogens is 4. The lowest BCUT2D eigenvalue weighted by molar-refractivity contribution is 0.661. The molecule has 0 atom stereocenters. The fourth-order valence-corrected chi connectivity index (χ4v) is 4.72. The number of pyridine rings is 1. The van der Waals surface area contributed by atoms with Gasteiger partial charge in [-0.15, -0.1) is 0 Å². The lowest BCUT2D eigenvalue weighted by Gasteiger charge is -2.21. The van der Waals surface area contributed by atoms with Crippen LogP contribution in [0.25, 0.3) is 39.1 Å². The lowest BCUT2D eigenvalue weighted by atomic mass is 9.82. The van der Waals surface area contributed by atoms with E-state index in [4.69, 9.17) is 0 Å². The zero-order valence-corrected chi connectivity index (χ0v) is 16.9. The van der Waals surface area contributed by atoms with Crippen molar-refractivity contribution in [1.82, 2.24) is 19.5 Å². The Kier molecular flexibility index (Phi) is 3.48. The summed E-state index contributed by atoms with van der Waals surface area (Å²) in [5, 5.41) is 1.22. The maximum absolute atomic E-state index is 4.61. The van der Waals surface area contributed by atoms with Crippen molar-refractivity contribution in [2.24, 2.45) is 0 Å². The fourth-order valence-electron chi connectivity index (χ4n) is 4.72. The summed E-state index contributed by atoms with van der Waals surface area (Å²) in [5.74, 6) is 0.681. The van der Waals surface area contributed by atoms with Gasteiger partial charge in [0.15, 0.2) is 5.82 Å². The van der Waals surface area contributed by atoms with Gasteiger partial charge in [0, 0.05) is 40.5 Å². The molecule has 0 unspecified atom stereocenters. The van der Waals surface area contributed by atoms with Crippen LogP contribution in [0.4, 0.5) is 0 Å². The molecule has 3 heterocycles. The average molecular weight is 388 g/mol. The van der Waals surface area contributed by atoms with E-state index in [0.29, 0.717) is 5.82 Å². The van der Waals surface area contributed by atoms with Crippen LogP contribution in [-0.4, -0.2) is 19.5 Å². The van der Waals surface area contributed by atoms with E-state index in [1.54, 1.807) is 12.4 Å². The van der Waals surface area contributed by atoms with E-state index >= 15 is 0 Å². The molecule has 0 saturated carbocycles. The fraction of sp³-hybridized carbons (Fsp3) is 0.115. The molecule has 0 aliphatic heterocycles. The average Bonchev–Trinajstić information content (AvgIpc) is 3.32. The van der Waals surface area contributed by atoms with E-state index in [-0.39, 0.29) is 5.41 Å². The summed E-state index contributed by atoms with van der Waals surface area (Å²) in [7, 11) is 0. The molecule has 144 valence electrons. The first-order chi connectivity index (χ1) is 14.6. The first-order valence-corrected chi connectivity index (χ1v) is 10.1. The summed E-state index contributed by atoms with van der Waals surface area (Å²) in [5.41, 5.74) is 8.43. The third-order valence-corrected chi connectivity index (χ3v) is 6.23. The zero-order valence-electron chi connectivity index (χ0n) is 16.9. The molecule has 0 radical (unpaired) electrons. The number of nitrogens with zero attached hydrogens (tertiary/aromatic N) is 4. The molecule has 30 heavy (non-hydrogen) atoms. The summed E-state index contributed by atoms with van der Waals surface area (Å²) < 4.78 is 2.21. The van der Waals surface area contributed by atoms with Crippen LogP contribution in [0.5, 0.6) is 0 Å². The second-order valence-corrected chi connectivity index (χ2v) is 8.29.